The first-order valence-electron chi connectivity index (χ1n) is 6.22. The highest BCUT2D eigenvalue weighted by atomic mass is 35.5. The smallest absolute Gasteiger partial charge is 0.243 e. The molecule has 0 heterocycles. The molecule has 0 aromatic heterocycles. The summed E-state index contributed by atoms with van der Waals surface area (Å²) < 4.78 is 5.17. The Balaban J connectivity index is 1.99. The summed E-state index contributed by atoms with van der Waals surface area (Å²) >= 11 is 11.9. The van der Waals surface area contributed by atoms with Crippen molar-refractivity contribution in [3.8, 4) is 5.75 Å². The van der Waals surface area contributed by atoms with Gasteiger partial charge >= 0.3 is 0 Å². The van der Waals surface area contributed by atoms with Crippen LogP contribution < -0.4 is 15.4 Å². The van der Waals surface area contributed by atoms with Crippen LogP contribution in [0.3, 0.4) is 0 Å². The number of ether oxygens (including phenoxy) is 1. The number of nitrogens with one attached hydrogen (secondary N) is 2. The van der Waals surface area contributed by atoms with Gasteiger partial charge in [0.25, 0.3) is 0 Å². The van der Waals surface area contributed by atoms with E-state index in [1.165, 1.54) is 7.11 Å². The topological polar surface area (TPSA) is 50.4 Å². The number of benzene rings is 2. The molecule has 0 radical (unpaired) electrons. The molecule has 2 aromatic carbocycles. The predicted octanol–water partition coefficient (Wildman–Crippen LogP) is 4.05. The number of anilines is 2. The number of methoxy groups -OCH3 is 1. The fourth-order valence-corrected chi connectivity index (χ4v) is 2.13. The average molecular weight is 325 g/mol. The summed E-state index contributed by atoms with van der Waals surface area (Å²) in [6, 6.07) is 12.2. The van der Waals surface area contributed by atoms with Crippen LogP contribution in [0.25, 0.3) is 0 Å². The lowest BCUT2D eigenvalue weighted by Gasteiger charge is -2.12. The van der Waals surface area contributed by atoms with Crippen LogP contribution in [0.4, 0.5) is 11.4 Å². The molecule has 0 unspecified atom stereocenters. The number of hydrogen-bond acceptors (Lipinski definition) is 3. The number of halogens is 2. The quantitative estimate of drug-likeness (QED) is 0.872. The van der Waals surface area contributed by atoms with Crippen molar-refractivity contribution >= 4 is 40.5 Å². The van der Waals surface area contributed by atoms with Crippen LogP contribution in [0, 0.1) is 0 Å². The van der Waals surface area contributed by atoms with Gasteiger partial charge in [-0.15, -0.1) is 0 Å². The van der Waals surface area contributed by atoms with Crippen LogP contribution >= 0.6 is 23.2 Å². The molecule has 2 N–H and O–H groups in total. The minimum absolute atomic E-state index is 0.0827. The molecule has 0 bridgehead atoms. The number of para-hydroxylation sites is 1. The lowest BCUT2D eigenvalue weighted by molar-refractivity contribution is -0.114. The first-order valence-corrected chi connectivity index (χ1v) is 6.97. The van der Waals surface area contributed by atoms with Crippen molar-refractivity contribution in [1.29, 1.82) is 0 Å². The van der Waals surface area contributed by atoms with Crippen molar-refractivity contribution in [2.45, 2.75) is 0 Å². The highest BCUT2D eigenvalue weighted by Gasteiger charge is 2.08. The maximum Gasteiger partial charge on any atom is 0.243 e. The second-order valence-electron chi connectivity index (χ2n) is 4.23. The molecule has 4 nitrogen and oxygen atoms in total. The Kier molecular flexibility index (Phi) is 5.31. The Morgan fingerprint density at radius 3 is 2.62 bits per heavy atom. The van der Waals surface area contributed by atoms with E-state index in [4.69, 9.17) is 27.9 Å². The predicted molar refractivity (Wildman–Crippen MR) is 86.6 cm³/mol. The molecule has 1 amide bonds. The van der Waals surface area contributed by atoms with Gasteiger partial charge in [-0.2, -0.15) is 0 Å². The van der Waals surface area contributed by atoms with Crippen molar-refractivity contribution in [2.75, 3.05) is 24.3 Å². The minimum atomic E-state index is -0.226. The van der Waals surface area contributed by atoms with Crippen LogP contribution in [0.5, 0.6) is 5.75 Å². The molecule has 2 rings (SSSR count). The largest absolute Gasteiger partial charge is 0.495 e. The van der Waals surface area contributed by atoms with Gasteiger partial charge in [-0.05, 0) is 30.3 Å². The van der Waals surface area contributed by atoms with E-state index in [-0.39, 0.29) is 12.5 Å². The zero-order chi connectivity index (χ0) is 15.2. The second-order valence-corrected chi connectivity index (χ2v) is 5.07. The third-order valence-corrected chi connectivity index (χ3v) is 3.31. The number of rotatable bonds is 5. The van der Waals surface area contributed by atoms with Crippen molar-refractivity contribution in [3.63, 3.8) is 0 Å². The Bertz CT molecular complexity index is 647. The summed E-state index contributed by atoms with van der Waals surface area (Å²) in [6.45, 7) is 0.0827. The van der Waals surface area contributed by atoms with Gasteiger partial charge in [0.1, 0.15) is 5.75 Å². The minimum Gasteiger partial charge on any atom is -0.495 e. The monoisotopic (exact) mass is 324 g/mol. The SMILES string of the molecule is COc1ccc(Cl)cc1NC(=O)CNc1ccccc1Cl. The molecule has 2 aromatic rings. The molecule has 0 atom stereocenters. The normalized spacial score (nSPS) is 10.0. The Hall–Kier alpha value is -1.91. The van der Waals surface area contributed by atoms with Gasteiger partial charge in [0.15, 0.2) is 0 Å². The van der Waals surface area contributed by atoms with Crippen LogP contribution in [0.2, 0.25) is 10.0 Å². The molecule has 110 valence electrons. The molecule has 6 heteroatoms. The van der Waals surface area contributed by atoms with Crippen molar-refractivity contribution in [1.82, 2.24) is 0 Å². The summed E-state index contributed by atoms with van der Waals surface area (Å²) in [4.78, 5) is 12.0. The number of hydrogen-bond donors (Lipinski definition) is 2. The average Bonchev–Trinajstić information content (AvgIpc) is 2.47. The van der Waals surface area contributed by atoms with Gasteiger partial charge in [0, 0.05) is 5.02 Å². The number of carbonyl (C=O) groups excluding carboxylic acids is 1. The first kappa shape index (κ1) is 15.5. The summed E-state index contributed by atoms with van der Waals surface area (Å²) in [5, 5.41) is 6.78. The Morgan fingerprint density at radius 1 is 1.14 bits per heavy atom. The summed E-state index contributed by atoms with van der Waals surface area (Å²) in [7, 11) is 1.53. The molecule has 21 heavy (non-hydrogen) atoms. The van der Waals surface area contributed by atoms with E-state index in [0.29, 0.717) is 27.2 Å². The highest BCUT2D eigenvalue weighted by Crippen LogP contribution is 2.27. The number of carbonyl (C=O) groups is 1. The van der Waals surface area contributed by atoms with Crippen LogP contribution in [-0.2, 0) is 4.79 Å². The third-order valence-electron chi connectivity index (χ3n) is 2.75. The summed E-state index contributed by atoms with van der Waals surface area (Å²) in [6.07, 6.45) is 0. The summed E-state index contributed by atoms with van der Waals surface area (Å²) in [5.74, 6) is 0.320. The van der Waals surface area contributed by atoms with E-state index in [1.54, 1.807) is 30.3 Å². The molecule has 0 fully saturated rings. The van der Waals surface area contributed by atoms with E-state index in [1.807, 2.05) is 12.1 Å². The molecule has 0 saturated heterocycles. The van der Waals surface area contributed by atoms with Gasteiger partial charge in [0.2, 0.25) is 5.91 Å². The van der Waals surface area contributed by atoms with Crippen LogP contribution in [-0.4, -0.2) is 19.6 Å². The first-order chi connectivity index (χ1) is 10.1. The molecule has 0 aliphatic heterocycles. The highest BCUT2D eigenvalue weighted by molar-refractivity contribution is 6.33. The molecule has 0 aliphatic rings. The van der Waals surface area contributed by atoms with Gasteiger partial charge < -0.3 is 15.4 Å². The fourth-order valence-electron chi connectivity index (χ4n) is 1.75. The van der Waals surface area contributed by atoms with Crippen molar-refractivity contribution in [3.05, 3.63) is 52.5 Å². The van der Waals surface area contributed by atoms with Gasteiger partial charge in [-0.25, -0.2) is 0 Å². The fraction of sp³-hybridized carbons (Fsp3) is 0.133. The van der Waals surface area contributed by atoms with Crippen molar-refractivity contribution < 1.29 is 9.53 Å². The van der Waals surface area contributed by atoms with E-state index >= 15 is 0 Å². The van der Waals surface area contributed by atoms with Gasteiger partial charge in [-0.3, -0.25) is 4.79 Å². The zero-order valence-corrected chi connectivity index (χ0v) is 12.8. The standard InChI is InChI=1S/C15H14Cl2N2O2/c1-21-14-7-6-10(16)8-13(14)19-15(20)9-18-12-5-3-2-4-11(12)17/h2-8,18H,9H2,1H3,(H,19,20). The zero-order valence-electron chi connectivity index (χ0n) is 11.3. The van der Waals surface area contributed by atoms with Crippen LogP contribution in [0.15, 0.2) is 42.5 Å². The molecular formula is C15H14Cl2N2O2. The van der Waals surface area contributed by atoms with E-state index < -0.39 is 0 Å². The van der Waals surface area contributed by atoms with Gasteiger partial charge in [0.05, 0.1) is 30.1 Å². The summed E-state index contributed by atoms with van der Waals surface area (Å²) in [5.41, 5.74) is 1.23. The lowest BCUT2D eigenvalue weighted by Crippen LogP contribution is -2.22. The number of amides is 1. The second kappa shape index (κ2) is 7.20. The molecule has 0 aliphatic carbocycles. The maximum absolute atomic E-state index is 12.0. The van der Waals surface area contributed by atoms with Crippen LogP contribution in [0.1, 0.15) is 0 Å². The molecular weight excluding hydrogens is 311 g/mol. The van der Waals surface area contributed by atoms with E-state index in [0.717, 1.165) is 0 Å². The van der Waals surface area contributed by atoms with E-state index in [9.17, 15) is 4.79 Å². The van der Waals surface area contributed by atoms with Crippen molar-refractivity contribution in [2.24, 2.45) is 0 Å². The van der Waals surface area contributed by atoms with E-state index in [2.05, 4.69) is 10.6 Å². The molecule has 0 spiro atoms. The Morgan fingerprint density at radius 2 is 1.90 bits per heavy atom. The van der Waals surface area contributed by atoms with Gasteiger partial charge in [-0.1, -0.05) is 35.3 Å². The Labute approximate surface area is 133 Å². The third kappa shape index (κ3) is 4.28. The lowest BCUT2D eigenvalue weighted by atomic mass is 10.3. The maximum atomic E-state index is 12.0. The molecule has 0 saturated carbocycles.